The Bertz CT molecular complexity index is 650. The van der Waals surface area contributed by atoms with E-state index in [0.29, 0.717) is 28.6 Å². The molecule has 0 spiro atoms. The molecular formula is C15H12O5. The van der Waals surface area contributed by atoms with Gasteiger partial charge in [0.15, 0.2) is 23.0 Å². The summed E-state index contributed by atoms with van der Waals surface area (Å²) in [4.78, 5) is 12.1. The SMILES string of the molecule is COc1ccccc1OC(=O)c1ccc2c(c1)OCO2. The van der Waals surface area contributed by atoms with Crippen LogP contribution in [0.25, 0.3) is 0 Å². The molecule has 2 aromatic carbocycles. The van der Waals surface area contributed by atoms with Gasteiger partial charge in [-0.05, 0) is 30.3 Å². The van der Waals surface area contributed by atoms with E-state index >= 15 is 0 Å². The minimum Gasteiger partial charge on any atom is -0.493 e. The van der Waals surface area contributed by atoms with E-state index in [1.54, 1.807) is 42.5 Å². The topological polar surface area (TPSA) is 54.0 Å². The predicted octanol–water partition coefficient (Wildman–Crippen LogP) is 2.64. The molecule has 0 fully saturated rings. The number of fused-ring (bicyclic) bond motifs is 1. The smallest absolute Gasteiger partial charge is 0.343 e. The molecule has 1 aliphatic rings. The van der Waals surface area contributed by atoms with E-state index in [0.717, 1.165) is 0 Å². The molecule has 102 valence electrons. The van der Waals surface area contributed by atoms with Crippen molar-refractivity contribution in [2.45, 2.75) is 0 Å². The standard InChI is InChI=1S/C15H12O5/c1-17-11-4-2-3-5-13(11)20-15(16)10-6-7-12-14(8-10)19-9-18-12/h2-8H,9H2,1H3. The molecule has 1 heterocycles. The maximum absolute atomic E-state index is 12.1. The molecule has 0 aromatic heterocycles. The molecule has 0 N–H and O–H groups in total. The predicted molar refractivity (Wildman–Crippen MR) is 70.5 cm³/mol. The molecule has 0 aliphatic carbocycles. The summed E-state index contributed by atoms with van der Waals surface area (Å²) in [5.41, 5.74) is 0.389. The van der Waals surface area contributed by atoms with Crippen LogP contribution in [0.1, 0.15) is 10.4 Å². The van der Waals surface area contributed by atoms with Gasteiger partial charge in [0.1, 0.15) is 0 Å². The summed E-state index contributed by atoms with van der Waals surface area (Å²) >= 11 is 0. The average Bonchev–Trinajstić information content (AvgIpc) is 2.95. The maximum atomic E-state index is 12.1. The summed E-state index contributed by atoms with van der Waals surface area (Å²) in [6, 6.07) is 11.9. The van der Waals surface area contributed by atoms with Gasteiger partial charge in [0, 0.05) is 0 Å². The number of carbonyl (C=O) groups excluding carboxylic acids is 1. The first kappa shape index (κ1) is 12.3. The maximum Gasteiger partial charge on any atom is 0.343 e. The molecule has 1 aliphatic heterocycles. The lowest BCUT2D eigenvalue weighted by Crippen LogP contribution is -2.09. The van der Waals surface area contributed by atoms with Crippen LogP contribution < -0.4 is 18.9 Å². The molecule has 20 heavy (non-hydrogen) atoms. The van der Waals surface area contributed by atoms with E-state index in [2.05, 4.69) is 0 Å². The molecule has 0 unspecified atom stereocenters. The minimum absolute atomic E-state index is 0.167. The van der Waals surface area contributed by atoms with Crippen molar-refractivity contribution in [1.82, 2.24) is 0 Å². The van der Waals surface area contributed by atoms with Crippen molar-refractivity contribution in [3.05, 3.63) is 48.0 Å². The van der Waals surface area contributed by atoms with Crippen LogP contribution in [-0.4, -0.2) is 19.9 Å². The lowest BCUT2D eigenvalue weighted by Gasteiger charge is -2.08. The highest BCUT2D eigenvalue weighted by Gasteiger charge is 2.18. The number of hydrogen-bond acceptors (Lipinski definition) is 5. The van der Waals surface area contributed by atoms with Crippen molar-refractivity contribution >= 4 is 5.97 Å². The summed E-state index contributed by atoms with van der Waals surface area (Å²) in [6.07, 6.45) is 0. The summed E-state index contributed by atoms with van der Waals surface area (Å²) in [7, 11) is 1.52. The van der Waals surface area contributed by atoms with Gasteiger partial charge in [0.2, 0.25) is 6.79 Å². The number of ether oxygens (including phenoxy) is 4. The zero-order chi connectivity index (χ0) is 13.9. The number of esters is 1. The molecule has 0 saturated heterocycles. The molecule has 2 aromatic rings. The van der Waals surface area contributed by atoms with Crippen molar-refractivity contribution < 1.29 is 23.7 Å². The Hall–Kier alpha value is -2.69. The Labute approximate surface area is 115 Å². The first-order valence-electron chi connectivity index (χ1n) is 6.03. The van der Waals surface area contributed by atoms with E-state index in [4.69, 9.17) is 18.9 Å². The van der Waals surface area contributed by atoms with Crippen molar-refractivity contribution in [1.29, 1.82) is 0 Å². The zero-order valence-corrected chi connectivity index (χ0v) is 10.8. The Morgan fingerprint density at radius 1 is 1.05 bits per heavy atom. The van der Waals surface area contributed by atoms with Gasteiger partial charge in [-0.3, -0.25) is 0 Å². The third kappa shape index (κ3) is 2.25. The Kier molecular flexibility index (Phi) is 3.16. The van der Waals surface area contributed by atoms with Crippen LogP contribution in [0.4, 0.5) is 0 Å². The summed E-state index contributed by atoms with van der Waals surface area (Å²) in [5.74, 6) is 1.56. The van der Waals surface area contributed by atoms with Gasteiger partial charge in [-0.1, -0.05) is 12.1 Å². The summed E-state index contributed by atoms with van der Waals surface area (Å²) in [5, 5.41) is 0. The van der Waals surface area contributed by atoms with Gasteiger partial charge < -0.3 is 18.9 Å². The number of carbonyl (C=O) groups is 1. The van der Waals surface area contributed by atoms with Crippen LogP contribution in [0.3, 0.4) is 0 Å². The van der Waals surface area contributed by atoms with E-state index in [-0.39, 0.29) is 6.79 Å². The molecule has 5 nitrogen and oxygen atoms in total. The highest BCUT2D eigenvalue weighted by Crippen LogP contribution is 2.33. The van der Waals surface area contributed by atoms with Gasteiger partial charge in [0.25, 0.3) is 0 Å². The monoisotopic (exact) mass is 272 g/mol. The third-order valence-corrected chi connectivity index (χ3v) is 2.88. The Morgan fingerprint density at radius 2 is 1.80 bits per heavy atom. The molecule has 3 rings (SSSR count). The third-order valence-electron chi connectivity index (χ3n) is 2.88. The quantitative estimate of drug-likeness (QED) is 0.635. The normalized spacial score (nSPS) is 12.1. The van der Waals surface area contributed by atoms with E-state index in [9.17, 15) is 4.79 Å². The molecule has 0 amide bonds. The molecule has 5 heteroatoms. The van der Waals surface area contributed by atoms with Crippen LogP contribution in [0.5, 0.6) is 23.0 Å². The minimum atomic E-state index is -0.479. The van der Waals surface area contributed by atoms with E-state index in [1.807, 2.05) is 0 Å². The van der Waals surface area contributed by atoms with Crippen molar-refractivity contribution in [2.75, 3.05) is 13.9 Å². The van der Waals surface area contributed by atoms with Gasteiger partial charge in [-0.2, -0.15) is 0 Å². The number of rotatable bonds is 3. The van der Waals surface area contributed by atoms with Crippen LogP contribution in [0.2, 0.25) is 0 Å². The number of methoxy groups -OCH3 is 1. The average molecular weight is 272 g/mol. The number of benzene rings is 2. The second-order valence-electron chi connectivity index (χ2n) is 4.11. The van der Waals surface area contributed by atoms with Gasteiger partial charge >= 0.3 is 5.97 Å². The fourth-order valence-electron chi connectivity index (χ4n) is 1.89. The highest BCUT2D eigenvalue weighted by atomic mass is 16.7. The Morgan fingerprint density at radius 3 is 2.60 bits per heavy atom. The largest absolute Gasteiger partial charge is 0.493 e. The number of para-hydroxylation sites is 2. The fourth-order valence-corrected chi connectivity index (χ4v) is 1.89. The number of hydrogen-bond donors (Lipinski definition) is 0. The van der Waals surface area contributed by atoms with Crippen LogP contribution >= 0.6 is 0 Å². The van der Waals surface area contributed by atoms with Crippen molar-refractivity contribution in [3.8, 4) is 23.0 Å². The van der Waals surface area contributed by atoms with Crippen molar-refractivity contribution in [2.24, 2.45) is 0 Å². The molecular weight excluding hydrogens is 260 g/mol. The summed E-state index contributed by atoms with van der Waals surface area (Å²) in [6.45, 7) is 0.167. The van der Waals surface area contributed by atoms with Gasteiger partial charge in [-0.25, -0.2) is 4.79 Å². The molecule has 0 bridgehead atoms. The second kappa shape index (κ2) is 5.13. The molecule has 0 atom stereocenters. The van der Waals surface area contributed by atoms with Crippen molar-refractivity contribution in [3.63, 3.8) is 0 Å². The fraction of sp³-hybridized carbons (Fsp3) is 0.133. The van der Waals surface area contributed by atoms with Gasteiger partial charge in [-0.15, -0.1) is 0 Å². The van der Waals surface area contributed by atoms with E-state index < -0.39 is 5.97 Å². The highest BCUT2D eigenvalue weighted by molar-refractivity contribution is 5.92. The van der Waals surface area contributed by atoms with E-state index in [1.165, 1.54) is 7.11 Å². The lowest BCUT2D eigenvalue weighted by molar-refractivity contribution is 0.0729. The lowest BCUT2D eigenvalue weighted by atomic mass is 10.2. The van der Waals surface area contributed by atoms with Crippen LogP contribution in [-0.2, 0) is 0 Å². The first-order chi connectivity index (χ1) is 9.78. The first-order valence-corrected chi connectivity index (χ1v) is 6.03. The zero-order valence-electron chi connectivity index (χ0n) is 10.8. The Balaban J connectivity index is 1.83. The van der Waals surface area contributed by atoms with Gasteiger partial charge in [0.05, 0.1) is 12.7 Å². The second-order valence-corrected chi connectivity index (χ2v) is 4.11. The molecule has 0 saturated carbocycles. The molecule has 0 radical (unpaired) electrons. The summed E-state index contributed by atoms with van der Waals surface area (Å²) < 4.78 is 20.9. The van der Waals surface area contributed by atoms with Crippen LogP contribution in [0.15, 0.2) is 42.5 Å². The van der Waals surface area contributed by atoms with Crippen LogP contribution in [0, 0.1) is 0 Å².